The van der Waals surface area contributed by atoms with Gasteiger partial charge in [0.2, 0.25) is 0 Å². The van der Waals surface area contributed by atoms with E-state index in [1.807, 2.05) is 19.1 Å². The highest BCUT2D eigenvalue weighted by atomic mass is 16.5. The SMILES string of the molecule is COC1CCCC(Oc2ccc(C)nc2CO)C1. The number of nitrogens with zero attached hydrogens (tertiary/aromatic N) is 1. The lowest BCUT2D eigenvalue weighted by molar-refractivity contribution is 0.0201. The Hall–Kier alpha value is -1.13. The van der Waals surface area contributed by atoms with Gasteiger partial charge in [0.1, 0.15) is 17.5 Å². The van der Waals surface area contributed by atoms with Crippen molar-refractivity contribution in [2.24, 2.45) is 0 Å². The number of aliphatic hydroxyl groups excluding tert-OH is 1. The number of methoxy groups -OCH3 is 1. The zero-order chi connectivity index (χ0) is 13.0. The standard InChI is InChI=1S/C14H21NO3/c1-10-6-7-14(13(9-16)15-10)18-12-5-3-4-11(8-12)17-2/h6-7,11-12,16H,3-5,8-9H2,1-2H3. The molecule has 0 spiro atoms. The van der Waals surface area contributed by atoms with E-state index in [2.05, 4.69) is 4.98 Å². The van der Waals surface area contributed by atoms with Crippen LogP contribution < -0.4 is 4.74 Å². The van der Waals surface area contributed by atoms with Gasteiger partial charge in [-0.25, -0.2) is 0 Å². The molecule has 0 saturated heterocycles. The van der Waals surface area contributed by atoms with Crippen molar-refractivity contribution in [3.05, 3.63) is 23.5 Å². The minimum Gasteiger partial charge on any atom is -0.488 e. The van der Waals surface area contributed by atoms with Crippen molar-refractivity contribution in [3.8, 4) is 5.75 Å². The molecule has 1 fully saturated rings. The fraction of sp³-hybridized carbons (Fsp3) is 0.643. The molecule has 0 aromatic carbocycles. The van der Waals surface area contributed by atoms with E-state index in [0.717, 1.165) is 31.4 Å². The van der Waals surface area contributed by atoms with Crippen LogP contribution in [0.25, 0.3) is 0 Å². The maximum Gasteiger partial charge on any atom is 0.143 e. The molecule has 0 aliphatic heterocycles. The quantitative estimate of drug-likeness (QED) is 0.891. The topological polar surface area (TPSA) is 51.6 Å². The highest BCUT2D eigenvalue weighted by molar-refractivity contribution is 5.29. The molecule has 0 bridgehead atoms. The van der Waals surface area contributed by atoms with Crippen molar-refractivity contribution in [3.63, 3.8) is 0 Å². The van der Waals surface area contributed by atoms with Gasteiger partial charge in [-0.05, 0) is 38.3 Å². The third-order valence-electron chi connectivity index (χ3n) is 3.43. The van der Waals surface area contributed by atoms with Gasteiger partial charge in [-0.3, -0.25) is 4.98 Å². The minimum absolute atomic E-state index is 0.0859. The van der Waals surface area contributed by atoms with Gasteiger partial charge >= 0.3 is 0 Å². The second-order valence-corrected chi connectivity index (χ2v) is 4.82. The second kappa shape index (κ2) is 6.16. The average molecular weight is 251 g/mol. The highest BCUT2D eigenvalue weighted by Crippen LogP contribution is 2.26. The summed E-state index contributed by atoms with van der Waals surface area (Å²) in [5.74, 6) is 0.699. The second-order valence-electron chi connectivity index (χ2n) is 4.82. The summed E-state index contributed by atoms with van der Waals surface area (Å²) in [6.07, 6.45) is 4.64. The van der Waals surface area contributed by atoms with Crippen LogP contribution in [0.5, 0.6) is 5.75 Å². The third kappa shape index (κ3) is 3.21. The molecule has 1 saturated carbocycles. The molecule has 1 aromatic heterocycles. The molecule has 2 unspecified atom stereocenters. The van der Waals surface area contributed by atoms with E-state index in [4.69, 9.17) is 9.47 Å². The zero-order valence-electron chi connectivity index (χ0n) is 11.1. The van der Waals surface area contributed by atoms with Crippen molar-refractivity contribution < 1.29 is 14.6 Å². The van der Waals surface area contributed by atoms with Gasteiger partial charge in [0.25, 0.3) is 0 Å². The van der Waals surface area contributed by atoms with Crippen LogP contribution in [0.15, 0.2) is 12.1 Å². The zero-order valence-corrected chi connectivity index (χ0v) is 11.1. The van der Waals surface area contributed by atoms with Crippen molar-refractivity contribution in [1.29, 1.82) is 0 Å². The molecule has 100 valence electrons. The lowest BCUT2D eigenvalue weighted by atomic mass is 9.95. The van der Waals surface area contributed by atoms with E-state index < -0.39 is 0 Å². The predicted octanol–water partition coefficient (Wildman–Crippen LogP) is 2.22. The van der Waals surface area contributed by atoms with Gasteiger partial charge in [0, 0.05) is 19.2 Å². The molecule has 1 N–H and O–H groups in total. The summed E-state index contributed by atoms with van der Waals surface area (Å²) in [6, 6.07) is 3.80. The number of hydrogen-bond acceptors (Lipinski definition) is 4. The summed E-state index contributed by atoms with van der Waals surface area (Å²) >= 11 is 0. The Morgan fingerprint density at radius 2 is 2.11 bits per heavy atom. The van der Waals surface area contributed by atoms with Crippen molar-refractivity contribution in [2.45, 2.75) is 51.4 Å². The van der Waals surface area contributed by atoms with E-state index in [1.54, 1.807) is 7.11 Å². The molecule has 2 atom stereocenters. The molecular weight excluding hydrogens is 230 g/mol. The van der Waals surface area contributed by atoms with Crippen molar-refractivity contribution in [1.82, 2.24) is 4.98 Å². The van der Waals surface area contributed by atoms with Crippen LogP contribution in [0.3, 0.4) is 0 Å². The number of pyridine rings is 1. The molecule has 18 heavy (non-hydrogen) atoms. The van der Waals surface area contributed by atoms with Gasteiger partial charge in [0.15, 0.2) is 0 Å². The van der Waals surface area contributed by atoms with E-state index >= 15 is 0 Å². The van der Waals surface area contributed by atoms with Gasteiger partial charge in [-0.1, -0.05) is 0 Å². The first-order valence-electron chi connectivity index (χ1n) is 6.49. The summed E-state index contributed by atoms with van der Waals surface area (Å²) in [4.78, 5) is 4.29. The van der Waals surface area contributed by atoms with E-state index in [9.17, 15) is 5.11 Å². The van der Waals surface area contributed by atoms with E-state index in [0.29, 0.717) is 17.5 Å². The van der Waals surface area contributed by atoms with Gasteiger partial charge < -0.3 is 14.6 Å². The summed E-state index contributed by atoms with van der Waals surface area (Å²) in [5, 5.41) is 9.30. The van der Waals surface area contributed by atoms with Gasteiger partial charge in [-0.15, -0.1) is 0 Å². The average Bonchev–Trinajstić information content (AvgIpc) is 2.41. The first-order chi connectivity index (χ1) is 8.72. The Kier molecular flexibility index (Phi) is 4.55. The number of hydrogen-bond donors (Lipinski definition) is 1. The summed E-state index contributed by atoms with van der Waals surface area (Å²) < 4.78 is 11.4. The number of aryl methyl sites for hydroxylation is 1. The van der Waals surface area contributed by atoms with Crippen LogP contribution in [0.2, 0.25) is 0 Å². The summed E-state index contributed by atoms with van der Waals surface area (Å²) in [7, 11) is 1.75. The Morgan fingerprint density at radius 1 is 1.33 bits per heavy atom. The first-order valence-corrected chi connectivity index (χ1v) is 6.49. The van der Waals surface area contributed by atoms with E-state index in [1.165, 1.54) is 0 Å². The van der Waals surface area contributed by atoms with Crippen LogP contribution in [0.4, 0.5) is 0 Å². The summed E-state index contributed by atoms with van der Waals surface area (Å²) in [5.41, 5.74) is 1.51. The monoisotopic (exact) mass is 251 g/mol. The molecule has 4 heteroatoms. The maximum absolute atomic E-state index is 9.30. The Balaban J connectivity index is 2.04. The maximum atomic E-state index is 9.30. The molecule has 2 rings (SSSR count). The van der Waals surface area contributed by atoms with Crippen LogP contribution in [0, 0.1) is 6.92 Å². The predicted molar refractivity (Wildman–Crippen MR) is 68.6 cm³/mol. The van der Waals surface area contributed by atoms with Crippen LogP contribution in [-0.2, 0) is 11.3 Å². The Bertz CT molecular complexity index is 395. The minimum atomic E-state index is -0.0859. The molecule has 1 aliphatic rings. The van der Waals surface area contributed by atoms with E-state index in [-0.39, 0.29) is 12.7 Å². The van der Waals surface area contributed by atoms with Gasteiger partial charge in [-0.2, -0.15) is 0 Å². The fourth-order valence-electron chi connectivity index (χ4n) is 2.42. The van der Waals surface area contributed by atoms with Crippen molar-refractivity contribution >= 4 is 0 Å². The van der Waals surface area contributed by atoms with Crippen LogP contribution in [0.1, 0.15) is 37.1 Å². The molecule has 1 heterocycles. The Morgan fingerprint density at radius 3 is 2.83 bits per heavy atom. The van der Waals surface area contributed by atoms with Gasteiger partial charge in [0.05, 0.1) is 12.7 Å². The van der Waals surface area contributed by atoms with Crippen molar-refractivity contribution in [2.75, 3.05) is 7.11 Å². The van der Waals surface area contributed by atoms with Crippen LogP contribution >= 0.6 is 0 Å². The normalized spacial score (nSPS) is 23.9. The Labute approximate surface area is 108 Å². The molecule has 0 radical (unpaired) electrons. The molecule has 1 aliphatic carbocycles. The molecule has 4 nitrogen and oxygen atoms in total. The number of rotatable bonds is 4. The summed E-state index contributed by atoms with van der Waals surface area (Å²) in [6.45, 7) is 1.82. The fourth-order valence-corrected chi connectivity index (χ4v) is 2.42. The lowest BCUT2D eigenvalue weighted by Gasteiger charge is -2.29. The number of aromatic nitrogens is 1. The molecule has 1 aromatic rings. The molecule has 0 amide bonds. The highest BCUT2D eigenvalue weighted by Gasteiger charge is 2.23. The first kappa shape index (κ1) is 13.3. The lowest BCUT2D eigenvalue weighted by Crippen LogP contribution is -2.29. The number of ether oxygens (including phenoxy) is 2. The van der Waals surface area contributed by atoms with Crippen LogP contribution in [-0.4, -0.2) is 29.4 Å². The molecular formula is C14H21NO3. The number of aliphatic hydroxyl groups is 1. The third-order valence-corrected chi connectivity index (χ3v) is 3.43. The smallest absolute Gasteiger partial charge is 0.143 e. The largest absolute Gasteiger partial charge is 0.488 e.